The van der Waals surface area contributed by atoms with E-state index in [1.54, 1.807) is 0 Å². The molecule has 0 unspecified atom stereocenters. The van der Waals surface area contributed by atoms with E-state index in [4.69, 9.17) is 28.4 Å². The fourth-order valence-electron chi connectivity index (χ4n) is 5.02. The highest BCUT2D eigenvalue weighted by Crippen LogP contribution is 2.39. The van der Waals surface area contributed by atoms with Crippen LogP contribution in [0.5, 0.6) is 17.2 Å². The first-order valence-electron chi connectivity index (χ1n) is 18.5. The maximum Gasteiger partial charge on any atom is 0.335 e. The van der Waals surface area contributed by atoms with Crippen molar-refractivity contribution in [3.63, 3.8) is 0 Å². The number of rotatable bonds is 34. The van der Waals surface area contributed by atoms with Crippen molar-refractivity contribution in [1.82, 2.24) is 0 Å². The Balaban J connectivity index is 2.64. The van der Waals surface area contributed by atoms with Crippen LogP contribution in [0.2, 0.25) is 0 Å². The molecule has 1 N–H and O–H groups in total. The molecule has 0 saturated heterocycles. The van der Waals surface area contributed by atoms with Crippen molar-refractivity contribution < 1.29 is 52.7 Å². The zero-order chi connectivity index (χ0) is 37.4. The third-order valence-electron chi connectivity index (χ3n) is 7.88. The summed E-state index contributed by atoms with van der Waals surface area (Å²) in [6, 6.07) is 3.00. The van der Waals surface area contributed by atoms with E-state index in [2.05, 4.69) is 19.7 Å². The topological polar surface area (TPSA) is 144 Å². The molecule has 0 heterocycles. The zero-order valence-electron chi connectivity index (χ0n) is 30.5. The monoisotopic (exact) mass is 716 g/mol. The summed E-state index contributed by atoms with van der Waals surface area (Å²) in [5.41, 5.74) is 0.0698. The normalized spacial score (nSPS) is 10.5. The average Bonchev–Trinajstić information content (AvgIpc) is 3.13. The second kappa shape index (κ2) is 30.5. The van der Waals surface area contributed by atoms with Crippen molar-refractivity contribution in [1.29, 1.82) is 0 Å². The molecular weight excluding hydrogens is 656 g/mol. The lowest BCUT2D eigenvalue weighted by Crippen LogP contribution is -2.08. The second-order valence-electron chi connectivity index (χ2n) is 12.1. The minimum absolute atomic E-state index is 0.0698. The molecule has 1 aromatic rings. The van der Waals surface area contributed by atoms with Gasteiger partial charge in [0, 0.05) is 18.2 Å². The number of hydrogen-bond donors (Lipinski definition) is 1. The summed E-state index contributed by atoms with van der Waals surface area (Å²) in [7, 11) is 0. The van der Waals surface area contributed by atoms with Crippen molar-refractivity contribution in [3.05, 3.63) is 55.7 Å². The number of carbonyl (C=O) groups is 4. The van der Waals surface area contributed by atoms with Crippen molar-refractivity contribution in [2.24, 2.45) is 0 Å². The van der Waals surface area contributed by atoms with E-state index in [1.165, 1.54) is 18.2 Å². The van der Waals surface area contributed by atoms with Crippen LogP contribution >= 0.6 is 0 Å². The molecule has 286 valence electrons. The quantitative estimate of drug-likeness (QED) is 0.0316. The van der Waals surface area contributed by atoms with Crippen LogP contribution in [0, 0.1) is 0 Å². The Labute approximate surface area is 304 Å². The van der Waals surface area contributed by atoms with Crippen molar-refractivity contribution in [3.8, 4) is 17.2 Å². The molecule has 0 bridgehead atoms. The lowest BCUT2D eigenvalue weighted by atomic mass is 10.1. The van der Waals surface area contributed by atoms with Gasteiger partial charge in [0.1, 0.15) is 0 Å². The molecule has 0 amide bonds. The Morgan fingerprint density at radius 1 is 0.451 bits per heavy atom. The summed E-state index contributed by atoms with van der Waals surface area (Å²) in [6.45, 7) is 12.6. The zero-order valence-corrected chi connectivity index (χ0v) is 30.5. The van der Waals surface area contributed by atoms with Gasteiger partial charge in [0.25, 0.3) is 0 Å². The van der Waals surface area contributed by atoms with Gasteiger partial charge in [0.2, 0.25) is 5.75 Å². The fraction of sp³-hybridized carbons (Fsp3) is 0.600. The molecule has 0 radical (unpaired) electrons. The second-order valence-corrected chi connectivity index (χ2v) is 12.1. The predicted molar refractivity (Wildman–Crippen MR) is 196 cm³/mol. The van der Waals surface area contributed by atoms with Crippen LogP contribution in [0.1, 0.15) is 126 Å². The van der Waals surface area contributed by atoms with E-state index < -0.39 is 23.9 Å². The van der Waals surface area contributed by atoms with Crippen LogP contribution < -0.4 is 14.2 Å². The lowest BCUT2D eigenvalue weighted by Gasteiger charge is -2.18. The van der Waals surface area contributed by atoms with E-state index in [9.17, 15) is 24.3 Å². The van der Waals surface area contributed by atoms with Gasteiger partial charge in [-0.1, -0.05) is 96.8 Å². The van der Waals surface area contributed by atoms with Gasteiger partial charge >= 0.3 is 23.9 Å². The number of benzene rings is 1. The van der Waals surface area contributed by atoms with Gasteiger partial charge in [-0.15, -0.1) is 0 Å². The number of carboxylic acids is 1. The summed E-state index contributed by atoms with van der Waals surface area (Å²) in [5.74, 6) is -1.13. The number of ether oxygens (including phenoxy) is 6. The van der Waals surface area contributed by atoms with Crippen molar-refractivity contribution >= 4 is 23.9 Å². The van der Waals surface area contributed by atoms with Crippen LogP contribution in [0.4, 0.5) is 0 Å². The third kappa shape index (κ3) is 23.7. The van der Waals surface area contributed by atoms with Crippen molar-refractivity contribution in [2.75, 3.05) is 39.6 Å². The summed E-state index contributed by atoms with van der Waals surface area (Å²) in [5, 5.41) is 9.82. The molecule has 51 heavy (non-hydrogen) atoms. The molecule has 0 aromatic heterocycles. The Morgan fingerprint density at radius 3 is 1.02 bits per heavy atom. The van der Waals surface area contributed by atoms with E-state index in [1.807, 2.05) is 0 Å². The Morgan fingerprint density at radius 2 is 0.725 bits per heavy atom. The molecule has 0 aliphatic carbocycles. The highest BCUT2D eigenvalue weighted by molar-refractivity contribution is 5.89. The van der Waals surface area contributed by atoms with Gasteiger partial charge in [0.15, 0.2) is 11.5 Å². The van der Waals surface area contributed by atoms with Gasteiger partial charge in [0.05, 0.1) is 45.2 Å². The summed E-state index contributed by atoms with van der Waals surface area (Å²) < 4.78 is 33.4. The molecule has 0 aliphatic rings. The molecule has 0 aliphatic heterocycles. The van der Waals surface area contributed by atoms with E-state index in [0.29, 0.717) is 56.9 Å². The van der Waals surface area contributed by atoms with E-state index in [-0.39, 0.29) is 5.56 Å². The molecule has 0 atom stereocenters. The van der Waals surface area contributed by atoms with Gasteiger partial charge in [-0.05, 0) is 50.7 Å². The standard InChI is InChI=1S/C40H60O11/c1-4-36(41)48-27-21-15-9-7-13-19-25-46-34-31-33(40(44)45)32-35(47-26-20-14-8-10-16-22-28-49-37(42)5-2)39(34)51-30-24-18-12-11-17-23-29-50-38(43)6-3/h4-6,31-32H,1-3,7-30H2,(H,44,45). The number of esters is 3. The Bertz CT molecular complexity index is 1120. The molecular formula is C40H60O11. The maximum atomic E-state index is 12.0. The summed E-state index contributed by atoms with van der Waals surface area (Å²) in [6.07, 6.45) is 20.1. The fourth-order valence-corrected chi connectivity index (χ4v) is 5.02. The molecule has 1 aromatic carbocycles. The van der Waals surface area contributed by atoms with Crippen molar-refractivity contribution in [2.45, 2.75) is 116 Å². The summed E-state index contributed by atoms with van der Waals surface area (Å²) >= 11 is 0. The average molecular weight is 717 g/mol. The lowest BCUT2D eigenvalue weighted by molar-refractivity contribution is -0.138. The highest BCUT2D eigenvalue weighted by Gasteiger charge is 2.19. The SMILES string of the molecule is C=CC(=O)OCCCCCCCCOc1cc(C(=O)O)cc(OCCCCCCCCOC(=O)C=C)c1OCCCCCCCCOC(=O)C=C. The molecule has 0 spiro atoms. The smallest absolute Gasteiger partial charge is 0.335 e. The van der Waals surface area contributed by atoms with Crippen LogP contribution in [0.15, 0.2) is 50.1 Å². The number of hydrogen-bond acceptors (Lipinski definition) is 10. The van der Waals surface area contributed by atoms with Crippen LogP contribution in [0.25, 0.3) is 0 Å². The first kappa shape index (κ1) is 44.7. The molecule has 0 saturated carbocycles. The molecule has 11 nitrogen and oxygen atoms in total. The van der Waals surface area contributed by atoms with Gasteiger partial charge in [-0.25, -0.2) is 19.2 Å². The highest BCUT2D eigenvalue weighted by atomic mass is 16.5. The molecule has 11 heteroatoms. The number of carboxylic acid groups (broad SMARTS) is 1. The Hall–Kier alpha value is -4.28. The van der Waals surface area contributed by atoms with Crippen LogP contribution in [0.3, 0.4) is 0 Å². The summed E-state index contributed by atoms with van der Waals surface area (Å²) in [4.78, 5) is 45.4. The number of carbonyl (C=O) groups excluding carboxylic acids is 3. The molecule has 0 fully saturated rings. The first-order valence-corrected chi connectivity index (χ1v) is 18.5. The van der Waals surface area contributed by atoms with E-state index in [0.717, 1.165) is 128 Å². The van der Waals surface area contributed by atoms with Crippen LogP contribution in [-0.4, -0.2) is 68.6 Å². The van der Waals surface area contributed by atoms with Gasteiger partial charge in [-0.2, -0.15) is 0 Å². The minimum atomic E-state index is -1.08. The Kier molecular flexibility index (Phi) is 26.8. The van der Waals surface area contributed by atoms with Gasteiger partial charge < -0.3 is 33.5 Å². The largest absolute Gasteiger partial charge is 0.490 e. The van der Waals surface area contributed by atoms with Crippen LogP contribution in [-0.2, 0) is 28.6 Å². The molecule has 1 rings (SSSR count). The number of unbranched alkanes of at least 4 members (excludes halogenated alkanes) is 15. The maximum absolute atomic E-state index is 12.0. The number of aromatic carboxylic acids is 1. The third-order valence-corrected chi connectivity index (χ3v) is 7.88. The minimum Gasteiger partial charge on any atom is -0.490 e. The first-order chi connectivity index (χ1) is 24.8. The van der Waals surface area contributed by atoms with E-state index >= 15 is 0 Å². The predicted octanol–water partition coefficient (Wildman–Crippen LogP) is 8.73. The van der Waals surface area contributed by atoms with Gasteiger partial charge in [-0.3, -0.25) is 0 Å².